The first kappa shape index (κ1) is 13.0. The molecule has 0 fully saturated rings. The summed E-state index contributed by atoms with van der Waals surface area (Å²) >= 11 is 0. The molecule has 0 spiro atoms. The van der Waals surface area contributed by atoms with Crippen LogP contribution in [0.15, 0.2) is 36.5 Å². The summed E-state index contributed by atoms with van der Waals surface area (Å²) in [5.74, 6) is -0.640. The highest BCUT2D eigenvalue weighted by Gasteiger charge is 2.18. The smallest absolute Gasteiger partial charge is 0.339 e. The van der Waals surface area contributed by atoms with Crippen molar-refractivity contribution in [1.29, 1.82) is 0 Å². The molecule has 0 saturated carbocycles. The lowest BCUT2D eigenvalue weighted by Gasteiger charge is -2.23. The van der Waals surface area contributed by atoms with Gasteiger partial charge in [0, 0.05) is 12.2 Å². The van der Waals surface area contributed by atoms with Crippen molar-refractivity contribution < 1.29 is 9.90 Å². The van der Waals surface area contributed by atoms with E-state index in [1.54, 1.807) is 0 Å². The van der Waals surface area contributed by atoms with Gasteiger partial charge in [-0.2, -0.15) is 5.10 Å². The maximum Gasteiger partial charge on any atom is 0.339 e. The number of anilines is 2. The Bertz CT molecular complexity index is 599. The number of carbonyl (C=O) groups is 1. The SMILES string of the molecule is CCN(c1cccc(C)c1)c1nnccc1C(=O)O. The number of aryl methyl sites for hydroxylation is 1. The predicted molar refractivity (Wildman–Crippen MR) is 72.9 cm³/mol. The van der Waals surface area contributed by atoms with E-state index in [9.17, 15) is 9.90 Å². The van der Waals surface area contributed by atoms with Crippen molar-refractivity contribution in [1.82, 2.24) is 10.2 Å². The summed E-state index contributed by atoms with van der Waals surface area (Å²) in [4.78, 5) is 13.1. The summed E-state index contributed by atoms with van der Waals surface area (Å²) in [7, 11) is 0. The van der Waals surface area contributed by atoms with Crippen LogP contribution in [0, 0.1) is 6.92 Å². The van der Waals surface area contributed by atoms with Gasteiger partial charge in [-0.25, -0.2) is 4.79 Å². The average molecular weight is 257 g/mol. The number of carboxylic acid groups (broad SMARTS) is 1. The van der Waals surface area contributed by atoms with E-state index < -0.39 is 5.97 Å². The van der Waals surface area contributed by atoms with Crippen LogP contribution in [0.3, 0.4) is 0 Å². The molecule has 0 radical (unpaired) electrons. The van der Waals surface area contributed by atoms with Crippen LogP contribution in [-0.4, -0.2) is 27.8 Å². The van der Waals surface area contributed by atoms with Gasteiger partial charge in [0.25, 0.3) is 0 Å². The van der Waals surface area contributed by atoms with E-state index in [1.165, 1.54) is 12.3 Å². The van der Waals surface area contributed by atoms with Crippen molar-refractivity contribution in [3.8, 4) is 0 Å². The number of rotatable bonds is 4. The third-order valence-corrected chi connectivity index (χ3v) is 2.82. The van der Waals surface area contributed by atoms with Crippen LogP contribution >= 0.6 is 0 Å². The largest absolute Gasteiger partial charge is 0.478 e. The number of aromatic carboxylic acids is 1. The zero-order valence-corrected chi connectivity index (χ0v) is 10.9. The highest BCUT2D eigenvalue weighted by atomic mass is 16.4. The second kappa shape index (κ2) is 5.48. The van der Waals surface area contributed by atoms with E-state index >= 15 is 0 Å². The van der Waals surface area contributed by atoms with E-state index in [0.29, 0.717) is 12.4 Å². The standard InChI is InChI=1S/C14H15N3O2/c1-3-17(11-6-4-5-10(2)9-11)13-12(14(18)19)7-8-15-16-13/h4-9H,3H2,1-2H3,(H,18,19). The highest BCUT2D eigenvalue weighted by molar-refractivity contribution is 5.94. The summed E-state index contributed by atoms with van der Waals surface area (Å²) in [5, 5.41) is 17.0. The topological polar surface area (TPSA) is 66.3 Å². The second-order valence-electron chi connectivity index (χ2n) is 4.16. The van der Waals surface area contributed by atoms with Crippen molar-refractivity contribution in [2.45, 2.75) is 13.8 Å². The monoisotopic (exact) mass is 257 g/mol. The van der Waals surface area contributed by atoms with Crippen LogP contribution in [0.5, 0.6) is 0 Å². The van der Waals surface area contributed by atoms with Crippen LogP contribution in [0.2, 0.25) is 0 Å². The molecule has 0 aliphatic rings. The quantitative estimate of drug-likeness (QED) is 0.912. The minimum absolute atomic E-state index is 0.151. The van der Waals surface area contributed by atoms with Gasteiger partial charge in [-0.05, 0) is 37.6 Å². The number of carboxylic acids is 1. The summed E-state index contributed by atoms with van der Waals surface area (Å²) in [6.45, 7) is 4.55. The molecular weight excluding hydrogens is 242 g/mol. The number of nitrogens with zero attached hydrogens (tertiary/aromatic N) is 3. The zero-order chi connectivity index (χ0) is 13.8. The molecule has 98 valence electrons. The normalized spacial score (nSPS) is 10.2. The van der Waals surface area contributed by atoms with Crippen LogP contribution in [-0.2, 0) is 0 Å². The molecule has 0 amide bonds. The Morgan fingerprint density at radius 1 is 1.37 bits per heavy atom. The lowest BCUT2D eigenvalue weighted by atomic mass is 10.2. The average Bonchev–Trinajstić information content (AvgIpc) is 2.40. The van der Waals surface area contributed by atoms with E-state index in [4.69, 9.17) is 0 Å². The van der Waals surface area contributed by atoms with Gasteiger partial charge in [-0.3, -0.25) is 0 Å². The minimum Gasteiger partial charge on any atom is -0.478 e. The Hall–Kier alpha value is -2.43. The van der Waals surface area contributed by atoms with E-state index in [1.807, 2.05) is 43.0 Å². The molecule has 0 aliphatic heterocycles. The molecule has 1 aromatic carbocycles. The Balaban J connectivity index is 2.51. The lowest BCUT2D eigenvalue weighted by molar-refractivity contribution is 0.0697. The van der Waals surface area contributed by atoms with Gasteiger partial charge in [0.2, 0.25) is 0 Å². The van der Waals surface area contributed by atoms with Gasteiger partial charge >= 0.3 is 5.97 Å². The molecule has 5 nitrogen and oxygen atoms in total. The Morgan fingerprint density at radius 2 is 2.16 bits per heavy atom. The van der Waals surface area contributed by atoms with Crippen LogP contribution in [0.1, 0.15) is 22.8 Å². The maximum absolute atomic E-state index is 11.2. The first-order valence-corrected chi connectivity index (χ1v) is 6.02. The molecular formula is C14H15N3O2. The van der Waals surface area contributed by atoms with Crippen molar-refractivity contribution in [3.05, 3.63) is 47.7 Å². The van der Waals surface area contributed by atoms with Crippen molar-refractivity contribution in [2.75, 3.05) is 11.4 Å². The van der Waals surface area contributed by atoms with Crippen LogP contribution in [0.4, 0.5) is 11.5 Å². The van der Waals surface area contributed by atoms with E-state index in [2.05, 4.69) is 10.2 Å². The molecule has 0 aliphatic carbocycles. The third-order valence-electron chi connectivity index (χ3n) is 2.82. The van der Waals surface area contributed by atoms with Gasteiger partial charge in [-0.1, -0.05) is 12.1 Å². The van der Waals surface area contributed by atoms with Crippen molar-refractivity contribution in [2.24, 2.45) is 0 Å². The Morgan fingerprint density at radius 3 is 2.79 bits per heavy atom. The number of hydrogen-bond donors (Lipinski definition) is 1. The zero-order valence-electron chi connectivity index (χ0n) is 10.9. The van der Waals surface area contributed by atoms with Gasteiger partial charge in [0.15, 0.2) is 5.82 Å². The molecule has 2 rings (SSSR count). The first-order chi connectivity index (χ1) is 9.13. The van der Waals surface area contributed by atoms with Gasteiger partial charge < -0.3 is 10.0 Å². The van der Waals surface area contributed by atoms with Gasteiger partial charge in [-0.15, -0.1) is 5.10 Å². The Kier molecular flexibility index (Phi) is 3.75. The molecule has 0 saturated heterocycles. The molecule has 2 aromatic rings. The van der Waals surface area contributed by atoms with Crippen LogP contribution < -0.4 is 4.90 Å². The van der Waals surface area contributed by atoms with Gasteiger partial charge in [0.1, 0.15) is 5.56 Å². The number of aromatic nitrogens is 2. The van der Waals surface area contributed by atoms with Crippen LogP contribution in [0.25, 0.3) is 0 Å². The maximum atomic E-state index is 11.2. The summed E-state index contributed by atoms with van der Waals surface area (Å²) in [6, 6.07) is 9.31. The molecule has 5 heteroatoms. The summed E-state index contributed by atoms with van der Waals surface area (Å²) < 4.78 is 0. The number of hydrogen-bond acceptors (Lipinski definition) is 4. The predicted octanol–water partition coefficient (Wildman–Crippen LogP) is 2.64. The molecule has 1 N–H and O–H groups in total. The lowest BCUT2D eigenvalue weighted by Crippen LogP contribution is -2.21. The van der Waals surface area contributed by atoms with E-state index in [-0.39, 0.29) is 5.56 Å². The van der Waals surface area contributed by atoms with Crippen molar-refractivity contribution in [3.63, 3.8) is 0 Å². The highest BCUT2D eigenvalue weighted by Crippen LogP contribution is 2.26. The molecule has 0 bridgehead atoms. The molecule has 1 heterocycles. The van der Waals surface area contributed by atoms with Crippen molar-refractivity contribution >= 4 is 17.5 Å². The molecule has 0 unspecified atom stereocenters. The fourth-order valence-electron chi connectivity index (χ4n) is 1.94. The first-order valence-electron chi connectivity index (χ1n) is 6.02. The third kappa shape index (κ3) is 2.70. The fraction of sp³-hybridized carbons (Fsp3) is 0.214. The summed E-state index contributed by atoms with van der Waals surface area (Å²) in [5.41, 5.74) is 2.17. The molecule has 1 aromatic heterocycles. The Labute approximate surface area is 111 Å². The molecule has 0 atom stereocenters. The number of benzene rings is 1. The van der Waals surface area contributed by atoms with Gasteiger partial charge in [0.05, 0.1) is 6.20 Å². The van der Waals surface area contributed by atoms with E-state index in [0.717, 1.165) is 11.3 Å². The summed E-state index contributed by atoms with van der Waals surface area (Å²) in [6.07, 6.45) is 1.39. The molecule has 19 heavy (non-hydrogen) atoms. The fourth-order valence-corrected chi connectivity index (χ4v) is 1.94. The second-order valence-corrected chi connectivity index (χ2v) is 4.16. The minimum atomic E-state index is -1.00.